The van der Waals surface area contributed by atoms with Crippen LogP contribution in [-0.2, 0) is 17.9 Å². The molecule has 2 N–H and O–H groups in total. The lowest BCUT2D eigenvalue weighted by Gasteiger charge is -2.17. The topological polar surface area (TPSA) is 141 Å². The molecule has 190 valence electrons. The third-order valence-electron chi connectivity index (χ3n) is 5.21. The van der Waals surface area contributed by atoms with Crippen LogP contribution in [0.5, 0.6) is 11.6 Å². The van der Waals surface area contributed by atoms with Gasteiger partial charge in [-0.05, 0) is 42.0 Å². The van der Waals surface area contributed by atoms with Crippen molar-refractivity contribution in [1.82, 2.24) is 24.1 Å². The van der Waals surface area contributed by atoms with Crippen LogP contribution in [0, 0.1) is 5.92 Å². The zero-order valence-corrected chi connectivity index (χ0v) is 20.8. The maximum absolute atomic E-state index is 13.3. The Kier molecular flexibility index (Phi) is 7.85. The molecule has 0 bridgehead atoms. The molecular weight excluding hydrogens is 523 g/mol. The SMILES string of the molecule is C[C@@H](Cn1c(=O)nc(Nc2ccc(Oc3cnc(Cl)cn3)cc2)n(Cc2ccc(Cl)cc2)c1=O)C(=O)O. The summed E-state index contributed by atoms with van der Waals surface area (Å²) in [4.78, 5) is 49.2. The van der Waals surface area contributed by atoms with E-state index in [0.29, 0.717) is 16.5 Å². The third-order valence-corrected chi connectivity index (χ3v) is 5.66. The molecule has 0 fully saturated rings. The average Bonchev–Trinajstić information content (AvgIpc) is 2.87. The van der Waals surface area contributed by atoms with Crippen LogP contribution >= 0.6 is 23.2 Å². The fourth-order valence-electron chi connectivity index (χ4n) is 3.26. The molecule has 0 radical (unpaired) electrons. The van der Waals surface area contributed by atoms with Gasteiger partial charge in [-0.25, -0.2) is 24.1 Å². The van der Waals surface area contributed by atoms with Crippen LogP contribution in [-0.4, -0.2) is 35.2 Å². The molecule has 4 rings (SSSR count). The van der Waals surface area contributed by atoms with Crippen molar-refractivity contribution in [3.05, 3.63) is 97.6 Å². The predicted molar refractivity (Wildman–Crippen MR) is 137 cm³/mol. The van der Waals surface area contributed by atoms with E-state index in [1.54, 1.807) is 48.5 Å². The molecule has 0 spiro atoms. The van der Waals surface area contributed by atoms with Gasteiger partial charge in [0.05, 0.1) is 24.9 Å². The van der Waals surface area contributed by atoms with Crippen LogP contribution < -0.4 is 21.4 Å². The Labute approximate surface area is 219 Å². The molecule has 0 saturated heterocycles. The number of carbonyl (C=O) groups is 1. The smallest absolute Gasteiger partial charge is 0.354 e. The number of ether oxygens (including phenoxy) is 1. The standard InChI is InChI=1S/C24H20Cl2N6O5/c1-14(21(33)34)12-32-23(35)30-22(31(24(32)36)13-15-2-4-16(25)5-3-15)29-17-6-8-18(9-7-17)37-20-11-27-19(26)10-28-20/h2-11,14H,12-13H2,1H3,(H,33,34)(H,29,30,35)/t14-/m0/s1. The summed E-state index contributed by atoms with van der Waals surface area (Å²) < 4.78 is 7.68. The van der Waals surface area contributed by atoms with Gasteiger partial charge in [0, 0.05) is 17.3 Å². The van der Waals surface area contributed by atoms with Gasteiger partial charge < -0.3 is 15.2 Å². The second kappa shape index (κ2) is 11.2. The number of nitrogens with one attached hydrogen (secondary N) is 1. The molecule has 0 unspecified atom stereocenters. The van der Waals surface area contributed by atoms with Gasteiger partial charge in [-0.15, -0.1) is 0 Å². The molecule has 0 aliphatic heterocycles. The van der Waals surface area contributed by atoms with Crippen LogP contribution in [0.1, 0.15) is 12.5 Å². The second-order valence-corrected chi connectivity index (χ2v) is 8.82. The van der Waals surface area contributed by atoms with Gasteiger partial charge in [-0.1, -0.05) is 42.3 Å². The Morgan fingerprint density at radius 1 is 1.03 bits per heavy atom. The van der Waals surface area contributed by atoms with Gasteiger partial charge in [-0.2, -0.15) is 4.98 Å². The highest BCUT2D eigenvalue weighted by Crippen LogP contribution is 2.23. The number of hydrogen-bond donors (Lipinski definition) is 2. The summed E-state index contributed by atoms with van der Waals surface area (Å²) in [5.41, 5.74) is -0.330. The predicted octanol–water partition coefficient (Wildman–Crippen LogP) is 3.81. The lowest BCUT2D eigenvalue weighted by molar-refractivity contribution is -0.141. The van der Waals surface area contributed by atoms with Crippen molar-refractivity contribution in [2.75, 3.05) is 5.32 Å². The van der Waals surface area contributed by atoms with Crippen LogP contribution in [0.2, 0.25) is 10.2 Å². The van der Waals surface area contributed by atoms with Crippen molar-refractivity contribution in [2.24, 2.45) is 5.92 Å². The molecule has 1 atom stereocenters. The van der Waals surface area contributed by atoms with E-state index in [2.05, 4.69) is 20.3 Å². The van der Waals surface area contributed by atoms with E-state index in [0.717, 1.165) is 10.1 Å². The van der Waals surface area contributed by atoms with E-state index in [1.807, 2.05) is 0 Å². The first-order valence-corrected chi connectivity index (χ1v) is 11.7. The second-order valence-electron chi connectivity index (χ2n) is 7.99. The fraction of sp³-hybridized carbons (Fsp3) is 0.167. The summed E-state index contributed by atoms with van der Waals surface area (Å²) in [5, 5.41) is 13.0. The lowest BCUT2D eigenvalue weighted by atomic mass is 10.2. The first-order chi connectivity index (χ1) is 17.7. The summed E-state index contributed by atoms with van der Waals surface area (Å²) in [6.45, 7) is 1.15. The van der Waals surface area contributed by atoms with Gasteiger partial charge in [0.25, 0.3) is 0 Å². The summed E-state index contributed by atoms with van der Waals surface area (Å²) in [6.07, 6.45) is 2.74. The van der Waals surface area contributed by atoms with E-state index in [-0.39, 0.29) is 30.1 Å². The summed E-state index contributed by atoms with van der Waals surface area (Å²) in [6, 6.07) is 13.4. The highest BCUT2D eigenvalue weighted by Gasteiger charge is 2.19. The number of rotatable bonds is 9. The van der Waals surface area contributed by atoms with E-state index < -0.39 is 23.3 Å². The van der Waals surface area contributed by atoms with Crippen molar-refractivity contribution in [3.8, 4) is 11.6 Å². The normalized spacial score (nSPS) is 11.6. The first kappa shape index (κ1) is 25.9. The number of aromatic nitrogens is 5. The van der Waals surface area contributed by atoms with Gasteiger partial charge >= 0.3 is 17.3 Å². The number of anilines is 2. The molecule has 2 aromatic heterocycles. The van der Waals surface area contributed by atoms with E-state index in [9.17, 15) is 19.5 Å². The Morgan fingerprint density at radius 2 is 1.73 bits per heavy atom. The van der Waals surface area contributed by atoms with Crippen molar-refractivity contribution in [3.63, 3.8) is 0 Å². The lowest BCUT2D eigenvalue weighted by Crippen LogP contribution is -2.44. The number of benzene rings is 2. The molecule has 2 aromatic carbocycles. The quantitative estimate of drug-likeness (QED) is 0.322. The molecular formula is C24H20Cl2N6O5. The molecule has 4 aromatic rings. The van der Waals surface area contributed by atoms with E-state index in [4.69, 9.17) is 27.9 Å². The molecule has 13 heteroatoms. The number of carboxylic acid groups (broad SMARTS) is 1. The Balaban J connectivity index is 1.65. The molecule has 37 heavy (non-hydrogen) atoms. The van der Waals surface area contributed by atoms with E-state index in [1.165, 1.54) is 23.9 Å². The number of carboxylic acids is 1. The van der Waals surface area contributed by atoms with Crippen molar-refractivity contribution in [1.29, 1.82) is 0 Å². The molecule has 0 saturated carbocycles. The summed E-state index contributed by atoms with van der Waals surface area (Å²) in [7, 11) is 0. The Hall–Kier alpha value is -4.22. The van der Waals surface area contributed by atoms with Gasteiger partial charge in [0.1, 0.15) is 10.9 Å². The number of hydrogen-bond acceptors (Lipinski definition) is 8. The van der Waals surface area contributed by atoms with E-state index >= 15 is 0 Å². The van der Waals surface area contributed by atoms with Gasteiger partial charge in [0.15, 0.2) is 0 Å². The maximum Gasteiger partial charge on any atom is 0.354 e. The minimum absolute atomic E-state index is 0.0126. The molecule has 0 aliphatic carbocycles. The largest absolute Gasteiger partial charge is 0.481 e. The van der Waals surface area contributed by atoms with Crippen LogP contribution in [0.25, 0.3) is 0 Å². The first-order valence-electron chi connectivity index (χ1n) is 10.9. The van der Waals surface area contributed by atoms with Crippen molar-refractivity contribution >= 4 is 40.8 Å². The van der Waals surface area contributed by atoms with Crippen LogP contribution in [0.4, 0.5) is 11.6 Å². The third kappa shape index (κ3) is 6.51. The Morgan fingerprint density at radius 3 is 2.35 bits per heavy atom. The van der Waals surface area contributed by atoms with Crippen molar-refractivity contribution < 1.29 is 14.6 Å². The summed E-state index contributed by atoms with van der Waals surface area (Å²) >= 11 is 11.7. The molecule has 2 heterocycles. The fourth-order valence-corrected chi connectivity index (χ4v) is 3.48. The monoisotopic (exact) mass is 542 g/mol. The van der Waals surface area contributed by atoms with Crippen molar-refractivity contribution in [2.45, 2.75) is 20.0 Å². The molecule has 0 aliphatic rings. The molecule has 11 nitrogen and oxygen atoms in total. The highest BCUT2D eigenvalue weighted by molar-refractivity contribution is 6.30. The van der Waals surface area contributed by atoms with Crippen LogP contribution in [0.3, 0.4) is 0 Å². The average molecular weight is 543 g/mol. The molecule has 0 amide bonds. The van der Waals surface area contributed by atoms with Crippen LogP contribution in [0.15, 0.2) is 70.5 Å². The number of halogens is 2. The minimum atomic E-state index is -1.13. The zero-order chi connectivity index (χ0) is 26.5. The maximum atomic E-state index is 13.3. The summed E-state index contributed by atoms with van der Waals surface area (Å²) in [5.74, 6) is -1.39. The van der Waals surface area contributed by atoms with Gasteiger partial charge in [0.2, 0.25) is 11.8 Å². The highest BCUT2D eigenvalue weighted by atomic mass is 35.5. The number of nitrogens with zero attached hydrogens (tertiary/aromatic N) is 5. The number of aliphatic carboxylic acids is 1. The Bertz CT molecular complexity index is 1520. The minimum Gasteiger partial charge on any atom is -0.481 e. The van der Waals surface area contributed by atoms with Gasteiger partial charge in [-0.3, -0.25) is 9.36 Å². The zero-order valence-electron chi connectivity index (χ0n) is 19.3.